The molecule has 3 heteroatoms. The van der Waals surface area contributed by atoms with E-state index in [1.807, 2.05) is 24.4 Å². The first-order valence-electron chi connectivity index (χ1n) is 9.44. The average molecular weight is 343 g/mol. The van der Waals surface area contributed by atoms with Gasteiger partial charge in [0.25, 0.3) is 0 Å². The molecule has 1 atom stereocenters. The summed E-state index contributed by atoms with van der Waals surface area (Å²) in [6.07, 6.45) is 5.82. The van der Waals surface area contributed by atoms with Crippen molar-refractivity contribution in [3.05, 3.63) is 90.1 Å². The summed E-state index contributed by atoms with van der Waals surface area (Å²) in [5.74, 6) is 0.894. The number of hydrogen-bond acceptors (Lipinski definition) is 3. The second kappa shape index (κ2) is 8.15. The largest absolute Gasteiger partial charge is 0.340 e. The number of anilines is 2. The summed E-state index contributed by atoms with van der Waals surface area (Å²) < 4.78 is 0. The minimum absolute atomic E-state index is 0.460. The van der Waals surface area contributed by atoms with Gasteiger partial charge in [-0.15, -0.1) is 0 Å². The van der Waals surface area contributed by atoms with Gasteiger partial charge in [-0.05, 0) is 48.7 Å². The monoisotopic (exact) mass is 343 g/mol. The van der Waals surface area contributed by atoms with E-state index in [0.717, 1.165) is 24.6 Å². The van der Waals surface area contributed by atoms with E-state index in [1.54, 1.807) is 0 Å². The van der Waals surface area contributed by atoms with Gasteiger partial charge in [0.1, 0.15) is 5.82 Å². The van der Waals surface area contributed by atoms with E-state index in [4.69, 9.17) is 0 Å². The van der Waals surface area contributed by atoms with Crippen molar-refractivity contribution in [3.63, 3.8) is 0 Å². The van der Waals surface area contributed by atoms with Crippen molar-refractivity contribution in [2.24, 2.45) is 0 Å². The lowest BCUT2D eigenvalue weighted by atomic mass is 9.95. The number of rotatable bonds is 5. The molecule has 1 saturated heterocycles. The molecule has 0 radical (unpaired) electrons. The third-order valence-electron chi connectivity index (χ3n) is 5.06. The van der Waals surface area contributed by atoms with Crippen LogP contribution in [0.5, 0.6) is 0 Å². The van der Waals surface area contributed by atoms with Crippen LogP contribution in [0, 0.1) is 0 Å². The van der Waals surface area contributed by atoms with Crippen molar-refractivity contribution in [3.8, 4) is 0 Å². The number of pyridine rings is 1. The van der Waals surface area contributed by atoms with Gasteiger partial charge in [-0.2, -0.15) is 0 Å². The van der Waals surface area contributed by atoms with Crippen LogP contribution >= 0.6 is 0 Å². The number of likely N-dealkylation sites (tertiary alicyclic amines) is 1. The molecule has 1 N–H and O–H groups in total. The van der Waals surface area contributed by atoms with Crippen LogP contribution in [-0.4, -0.2) is 16.4 Å². The zero-order valence-electron chi connectivity index (χ0n) is 15.0. The third-order valence-corrected chi connectivity index (χ3v) is 5.06. The highest BCUT2D eigenvalue weighted by atomic mass is 15.2. The van der Waals surface area contributed by atoms with Gasteiger partial charge in [0.05, 0.1) is 0 Å². The molecule has 1 aliphatic heterocycles. The van der Waals surface area contributed by atoms with E-state index >= 15 is 0 Å². The highest BCUT2D eigenvalue weighted by molar-refractivity contribution is 5.55. The molecule has 1 aliphatic rings. The molecule has 2 heterocycles. The van der Waals surface area contributed by atoms with Crippen molar-refractivity contribution >= 4 is 11.5 Å². The van der Waals surface area contributed by atoms with Crippen LogP contribution < -0.4 is 5.32 Å². The molecule has 0 bridgehead atoms. The second-order valence-electron chi connectivity index (χ2n) is 6.94. The Kier molecular flexibility index (Phi) is 5.27. The molecular formula is C23H25N3. The predicted molar refractivity (Wildman–Crippen MR) is 107 cm³/mol. The number of hydrogen-bond donors (Lipinski definition) is 1. The van der Waals surface area contributed by atoms with Gasteiger partial charge >= 0.3 is 0 Å². The first-order chi connectivity index (χ1) is 12.9. The van der Waals surface area contributed by atoms with E-state index < -0.39 is 0 Å². The topological polar surface area (TPSA) is 28.2 Å². The summed E-state index contributed by atoms with van der Waals surface area (Å²) in [5.41, 5.74) is 3.77. The van der Waals surface area contributed by atoms with E-state index in [-0.39, 0.29) is 0 Å². The normalized spacial score (nSPS) is 17.8. The molecule has 2 aromatic carbocycles. The highest BCUT2D eigenvalue weighted by Gasteiger charge is 2.24. The number of nitrogens with zero attached hydrogens (tertiary/aromatic N) is 2. The maximum Gasteiger partial charge on any atom is 0.130 e. The standard InChI is InChI=1S/C23H25N3/c1-3-9-19(10-4-1)18-26-16-8-7-13-22(26)20-14-15-23(24-17-20)25-21-11-5-2-6-12-21/h1-6,9-12,14-15,17,22H,7-8,13,16,18H2,(H,24,25). The third kappa shape index (κ3) is 4.12. The predicted octanol–water partition coefficient (Wildman–Crippen LogP) is 5.55. The van der Waals surface area contributed by atoms with Crippen LogP contribution in [0.1, 0.15) is 36.4 Å². The van der Waals surface area contributed by atoms with Gasteiger partial charge in [0.2, 0.25) is 0 Å². The molecule has 1 unspecified atom stereocenters. The van der Waals surface area contributed by atoms with Gasteiger partial charge in [-0.25, -0.2) is 4.98 Å². The van der Waals surface area contributed by atoms with E-state index in [2.05, 4.69) is 69.8 Å². The number of aromatic nitrogens is 1. The Labute approximate surface area is 155 Å². The van der Waals surface area contributed by atoms with Crippen molar-refractivity contribution in [1.29, 1.82) is 0 Å². The molecule has 1 fully saturated rings. The average Bonchev–Trinajstić information content (AvgIpc) is 2.71. The number of nitrogens with one attached hydrogen (secondary N) is 1. The molecule has 0 aliphatic carbocycles. The van der Waals surface area contributed by atoms with E-state index in [9.17, 15) is 0 Å². The Hall–Kier alpha value is -2.65. The molecule has 26 heavy (non-hydrogen) atoms. The van der Waals surface area contributed by atoms with Crippen LogP contribution in [-0.2, 0) is 6.54 Å². The Morgan fingerprint density at radius 2 is 1.65 bits per heavy atom. The van der Waals surface area contributed by atoms with Gasteiger partial charge in [-0.3, -0.25) is 4.90 Å². The Morgan fingerprint density at radius 1 is 0.885 bits per heavy atom. The maximum absolute atomic E-state index is 4.65. The molecule has 0 saturated carbocycles. The molecule has 3 aromatic rings. The minimum atomic E-state index is 0.460. The summed E-state index contributed by atoms with van der Waals surface area (Å²) in [5, 5.41) is 3.36. The zero-order valence-corrected chi connectivity index (χ0v) is 15.0. The van der Waals surface area contributed by atoms with Crippen LogP contribution in [0.3, 0.4) is 0 Å². The number of benzene rings is 2. The van der Waals surface area contributed by atoms with Crippen LogP contribution in [0.25, 0.3) is 0 Å². The zero-order chi connectivity index (χ0) is 17.6. The highest BCUT2D eigenvalue weighted by Crippen LogP contribution is 2.32. The smallest absolute Gasteiger partial charge is 0.130 e. The summed E-state index contributed by atoms with van der Waals surface area (Å²) in [6, 6.07) is 25.7. The van der Waals surface area contributed by atoms with Crippen LogP contribution in [0.15, 0.2) is 79.0 Å². The van der Waals surface area contributed by atoms with E-state index in [0.29, 0.717) is 6.04 Å². The fraction of sp³-hybridized carbons (Fsp3) is 0.261. The SMILES string of the molecule is c1ccc(CN2CCCCC2c2ccc(Nc3ccccc3)nc2)cc1. The van der Waals surface area contributed by atoms with Gasteiger partial charge in [0, 0.05) is 24.5 Å². The molecule has 132 valence electrons. The van der Waals surface area contributed by atoms with Crippen molar-refractivity contribution in [2.45, 2.75) is 31.8 Å². The molecular weight excluding hydrogens is 318 g/mol. The number of piperidine rings is 1. The fourth-order valence-electron chi connectivity index (χ4n) is 3.72. The summed E-state index contributed by atoms with van der Waals surface area (Å²) in [4.78, 5) is 7.25. The quantitative estimate of drug-likeness (QED) is 0.658. The lowest BCUT2D eigenvalue weighted by Crippen LogP contribution is -2.33. The maximum atomic E-state index is 4.65. The fourth-order valence-corrected chi connectivity index (χ4v) is 3.72. The lowest BCUT2D eigenvalue weighted by Gasteiger charge is -2.36. The summed E-state index contributed by atoms with van der Waals surface area (Å²) in [6.45, 7) is 2.17. The minimum Gasteiger partial charge on any atom is -0.340 e. The first kappa shape index (κ1) is 16.8. The summed E-state index contributed by atoms with van der Waals surface area (Å²) in [7, 11) is 0. The Bertz CT molecular complexity index is 800. The molecule has 3 nitrogen and oxygen atoms in total. The van der Waals surface area contributed by atoms with Crippen molar-refractivity contribution < 1.29 is 0 Å². The summed E-state index contributed by atoms with van der Waals surface area (Å²) >= 11 is 0. The van der Waals surface area contributed by atoms with Crippen molar-refractivity contribution in [1.82, 2.24) is 9.88 Å². The molecule has 0 spiro atoms. The first-order valence-corrected chi connectivity index (χ1v) is 9.44. The van der Waals surface area contributed by atoms with Gasteiger partial charge < -0.3 is 5.32 Å². The van der Waals surface area contributed by atoms with Gasteiger partial charge in [0.15, 0.2) is 0 Å². The molecule has 1 aromatic heterocycles. The van der Waals surface area contributed by atoms with E-state index in [1.165, 1.54) is 30.4 Å². The molecule has 4 rings (SSSR count). The van der Waals surface area contributed by atoms with Gasteiger partial charge in [-0.1, -0.05) is 61.0 Å². The van der Waals surface area contributed by atoms with Crippen molar-refractivity contribution in [2.75, 3.05) is 11.9 Å². The lowest BCUT2D eigenvalue weighted by molar-refractivity contribution is 0.140. The Balaban J connectivity index is 1.47. The molecule has 0 amide bonds. The second-order valence-corrected chi connectivity index (χ2v) is 6.94. The number of para-hydroxylation sites is 1. The van der Waals surface area contributed by atoms with Crippen LogP contribution in [0.2, 0.25) is 0 Å². The Morgan fingerprint density at radius 3 is 2.38 bits per heavy atom. The van der Waals surface area contributed by atoms with Crippen LogP contribution in [0.4, 0.5) is 11.5 Å².